The van der Waals surface area contributed by atoms with E-state index < -0.39 is 29.1 Å². The van der Waals surface area contributed by atoms with Gasteiger partial charge in [-0.05, 0) is 72.9 Å². The number of carboxylic acid groups (broad SMARTS) is 1. The molecular weight excluding hydrogens is 590 g/mol. The molecule has 1 fully saturated rings. The van der Waals surface area contributed by atoms with Crippen molar-refractivity contribution in [2.75, 3.05) is 13.2 Å². The van der Waals surface area contributed by atoms with E-state index in [1.165, 1.54) is 24.3 Å². The number of benzene rings is 3. The second kappa shape index (κ2) is 11.4. The zero-order chi connectivity index (χ0) is 30.5. The van der Waals surface area contributed by atoms with E-state index in [2.05, 4.69) is 9.88 Å². The Balaban J connectivity index is 1.32. The van der Waals surface area contributed by atoms with Gasteiger partial charge >= 0.3 is 12.1 Å². The first-order valence-electron chi connectivity index (χ1n) is 13.9. The summed E-state index contributed by atoms with van der Waals surface area (Å²) in [4.78, 5) is 18.3. The zero-order valence-electron chi connectivity index (χ0n) is 23.1. The summed E-state index contributed by atoms with van der Waals surface area (Å²) in [7, 11) is 0. The number of fused-ring (bicyclic) bond motifs is 2. The van der Waals surface area contributed by atoms with Gasteiger partial charge in [-0.1, -0.05) is 23.7 Å². The molecule has 2 aliphatic rings. The highest BCUT2D eigenvalue weighted by molar-refractivity contribution is 6.30. The number of carboxylic acids is 1. The molecular formula is C31H28ClF4N3O4. The Morgan fingerprint density at radius 1 is 1.19 bits per heavy atom. The van der Waals surface area contributed by atoms with Crippen LogP contribution in [0.4, 0.5) is 17.6 Å². The molecule has 1 saturated heterocycles. The molecule has 0 radical (unpaired) electrons. The summed E-state index contributed by atoms with van der Waals surface area (Å²) in [5.41, 5.74) is 1.13. The molecule has 0 spiro atoms. The minimum Gasteiger partial charge on any atom is -0.488 e. The Morgan fingerprint density at radius 3 is 2.58 bits per heavy atom. The van der Waals surface area contributed by atoms with Gasteiger partial charge in [-0.2, -0.15) is 13.2 Å². The van der Waals surface area contributed by atoms with Crippen LogP contribution in [0.1, 0.15) is 57.8 Å². The van der Waals surface area contributed by atoms with Crippen LogP contribution in [0, 0.1) is 5.82 Å². The summed E-state index contributed by atoms with van der Waals surface area (Å²) >= 11 is 5.93. The summed E-state index contributed by atoms with van der Waals surface area (Å²) < 4.78 is 70.6. The van der Waals surface area contributed by atoms with E-state index in [4.69, 9.17) is 21.1 Å². The zero-order valence-corrected chi connectivity index (χ0v) is 23.9. The van der Waals surface area contributed by atoms with E-state index in [0.29, 0.717) is 59.2 Å². The van der Waals surface area contributed by atoms with Crippen LogP contribution in [0.25, 0.3) is 11.0 Å². The lowest BCUT2D eigenvalue weighted by Gasteiger charge is -2.36. The lowest BCUT2D eigenvalue weighted by molar-refractivity contribution is -0.139. The van der Waals surface area contributed by atoms with Gasteiger partial charge in [-0.15, -0.1) is 0 Å². The number of ether oxygens (including phenoxy) is 2. The highest BCUT2D eigenvalue weighted by atomic mass is 35.5. The molecule has 1 aromatic heterocycles. The molecule has 2 atom stereocenters. The lowest BCUT2D eigenvalue weighted by Crippen LogP contribution is -2.36. The predicted octanol–water partition coefficient (Wildman–Crippen LogP) is 7.03. The summed E-state index contributed by atoms with van der Waals surface area (Å²) in [5.74, 6) is -1.97. The number of aromatic nitrogens is 2. The molecule has 3 heterocycles. The van der Waals surface area contributed by atoms with Gasteiger partial charge in [0.1, 0.15) is 23.7 Å². The molecule has 2 aliphatic heterocycles. The molecule has 3 aromatic carbocycles. The van der Waals surface area contributed by atoms with Crippen molar-refractivity contribution in [3.8, 4) is 5.75 Å². The SMILES string of the molecule is C[C@H]1c2cc(OCc3ccc(Cl)cc3)c(C(F)(F)F)cc2CCN1Cc1nc2ccc(C(=O)O)c(F)c2n1C[C@@H]1CCO1. The van der Waals surface area contributed by atoms with Crippen molar-refractivity contribution in [1.29, 1.82) is 0 Å². The first-order valence-corrected chi connectivity index (χ1v) is 14.2. The van der Waals surface area contributed by atoms with Crippen LogP contribution in [0.3, 0.4) is 0 Å². The Bertz CT molecular complexity index is 1690. The van der Waals surface area contributed by atoms with Crippen molar-refractivity contribution in [2.45, 2.75) is 57.8 Å². The van der Waals surface area contributed by atoms with Crippen LogP contribution in [-0.4, -0.2) is 44.8 Å². The van der Waals surface area contributed by atoms with Gasteiger partial charge in [0.25, 0.3) is 0 Å². The molecule has 4 aromatic rings. The van der Waals surface area contributed by atoms with Gasteiger partial charge in [-0.3, -0.25) is 4.90 Å². The van der Waals surface area contributed by atoms with Gasteiger partial charge in [0, 0.05) is 24.2 Å². The van der Waals surface area contributed by atoms with Crippen molar-refractivity contribution in [2.24, 2.45) is 0 Å². The molecule has 0 bridgehead atoms. The van der Waals surface area contributed by atoms with Crippen LogP contribution in [0.2, 0.25) is 5.02 Å². The fourth-order valence-corrected chi connectivity index (χ4v) is 5.85. The molecule has 0 aliphatic carbocycles. The summed E-state index contributed by atoms with van der Waals surface area (Å²) in [6.45, 7) is 3.46. The Labute approximate surface area is 249 Å². The maximum Gasteiger partial charge on any atom is 0.419 e. The van der Waals surface area contributed by atoms with Crippen LogP contribution in [0.15, 0.2) is 48.5 Å². The van der Waals surface area contributed by atoms with E-state index in [-0.39, 0.29) is 36.6 Å². The first kappa shape index (κ1) is 29.4. The smallest absolute Gasteiger partial charge is 0.419 e. The highest BCUT2D eigenvalue weighted by Gasteiger charge is 2.37. The van der Waals surface area contributed by atoms with E-state index >= 15 is 4.39 Å². The summed E-state index contributed by atoms with van der Waals surface area (Å²) in [5, 5.41) is 9.98. The Kier molecular flexibility index (Phi) is 7.82. The van der Waals surface area contributed by atoms with Gasteiger partial charge in [-0.25, -0.2) is 14.2 Å². The van der Waals surface area contributed by atoms with Crippen LogP contribution >= 0.6 is 11.6 Å². The number of nitrogens with zero attached hydrogens (tertiary/aromatic N) is 3. The number of hydrogen-bond acceptors (Lipinski definition) is 5. The maximum atomic E-state index is 15.4. The molecule has 0 amide bonds. The van der Waals surface area contributed by atoms with E-state index in [9.17, 15) is 23.1 Å². The third-order valence-corrected chi connectivity index (χ3v) is 8.45. The molecule has 7 nitrogen and oxygen atoms in total. The second-order valence-electron chi connectivity index (χ2n) is 10.9. The summed E-state index contributed by atoms with van der Waals surface area (Å²) in [6, 6.07) is 11.7. The molecule has 0 saturated carbocycles. The Morgan fingerprint density at radius 2 is 1.93 bits per heavy atom. The standard InChI is InChI=1S/C31H28ClF4N3O4/c1-17-23-13-26(43-16-18-2-4-20(32)5-3-18)24(31(34,35)36)12-19(23)8-10-38(17)15-27-37-25-7-6-22(30(40)41)28(33)29(25)39(27)14-21-9-11-42-21/h2-7,12-13,17,21H,8-11,14-16H2,1H3,(H,40,41)/t17-,21-/m0/s1. The van der Waals surface area contributed by atoms with Crippen molar-refractivity contribution >= 4 is 28.6 Å². The number of aromatic carboxylic acids is 1. The first-order chi connectivity index (χ1) is 20.5. The minimum absolute atomic E-state index is 0.0612. The predicted molar refractivity (Wildman–Crippen MR) is 151 cm³/mol. The van der Waals surface area contributed by atoms with Gasteiger partial charge < -0.3 is 19.1 Å². The van der Waals surface area contributed by atoms with E-state index in [1.54, 1.807) is 28.8 Å². The number of halogens is 5. The third kappa shape index (κ3) is 5.81. The number of carbonyl (C=O) groups is 1. The van der Waals surface area contributed by atoms with Gasteiger partial charge in [0.15, 0.2) is 5.82 Å². The van der Waals surface area contributed by atoms with Gasteiger partial charge in [0.05, 0.1) is 35.8 Å². The Hall–Kier alpha value is -3.67. The number of hydrogen-bond donors (Lipinski definition) is 1. The normalized spacial score (nSPS) is 18.8. The van der Waals surface area contributed by atoms with E-state index in [1.807, 2.05) is 6.92 Å². The average Bonchev–Trinajstić information content (AvgIpc) is 3.28. The largest absolute Gasteiger partial charge is 0.488 e. The van der Waals surface area contributed by atoms with Crippen LogP contribution in [-0.2, 0) is 37.0 Å². The molecule has 0 unspecified atom stereocenters. The number of imidazole rings is 1. The van der Waals surface area contributed by atoms with Crippen molar-refractivity contribution in [3.63, 3.8) is 0 Å². The monoisotopic (exact) mass is 617 g/mol. The van der Waals surface area contributed by atoms with Crippen molar-refractivity contribution in [3.05, 3.63) is 93.0 Å². The maximum absolute atomic E-state index is 15.4. The third-order valence-electron chi connectivity index (χ3n) is 8.20. The van der Waals surface area contributed by atoms with Crippen LogP contribution < -0.4 is 4.74 Å². The lowest BCUT2D eigenvalue weighted by atomic mass is 9.91. The molecule has 6 rings (SSSR count). The number of alkyl halides is 3. The minimum atomic E-state index is -4.60. The summed E-state index contributed by atoms with van der Waals surface area (Å²) in [6.07, 6.45) is -3.60. The highest BCUT2D eigenvalue weighted by Crippen LogP contribution is 2.42. The van der Waals surface area contributed by atoms with Crippen molar-refractivity contribution < 1.29 is 36.9 Å². The molecule has 1 N–H and O–H groups in total. The van der Waals surface area contributed by atoms with Crippen molar-refractivity contribution in [1.82, 2.24) is 14.5 Å². The molecule has 226 valence electrons. The van der Waals surface area contributed by atoms with E-state index in [0.717, 1.165) is 6.42 Å². The molecule has 12 heteroatoms. The average molecular weight is 618 g/mol. The fourth-order valence-electron chi connectivity index (χ4n) is 5.72. The van der Waals surface area contributed by atoms with Gasteiger partial charge in [0.2, 0.25) is 0 Å². The second-order valence-corrected chi connectivity index (χ2v) is 11.3. The fraction of sp³-hybridized carbons (Fsp3) is 0.355. The topological polar surface area (TPSA) is 76.8 Å². The quantitative estimate of drug-likeness (QED) is 0.214. The number of rotatable bonds is 8. The molecule has 43 heavy (non-hydrogen) atoms. The van der Waals surface area contributed by atoms with Crippen LogP contribution in [0.5, 0.6) is 5.75 Å².